The highest BCUT2D eigenvalue weighted by Crippen LogP contribution is 2.22. The van der Waals surface area contributed by atoms with Crippen LogP contribution in [0.5, 0.6) is 0 Å². The predicted molar refractivity (Wildman–Crippen MR) is 74.5 cm³/mol. The van der Waals surface area contributed by atoms with E-state index in [4.69, 9.17) is 5.73 Å². The number of anilines is 1. The summed E-state index contributed by atoms with van der Waals surface area (Å²) < 4.78 is 0. The van der Waals surface area contributed by atoms with E-state index < -0.39 is 6.10 Å². The van der Waals surface area contributed by atoms with E-state index in [2.05, 4.69) is 5.32 Å². The van der Waals surface area contributed by atoms with Gasteiger partial charge in [-0.2, -0.15) is 0 Å². The van der Waals surface area contributed by atoms with Crippen molar-refractivity contribution >= 4 is 11.6 Å². The summed E-state index contributed by atoms with van der Waals surface area (Å²) in [6.45, 7) is 3.80. The second kappa shape index (κ2) is 6.04. The van der Waals surface area contributed by atoms with E-state index >= 15 is 0 Å². The van der Waals surface area contributed by atoms with Crippen LogP contribution >= 0.6 is 0 Å². The standard InChI is InChI=1S/C14H21N3O2/c1-2-12-14(19)16-7-8-17(12)9-13(18)10-5-3-4-6-11(10)15/h3-6,12-13,18H,2,7-9,15H2,1H3,(H,16,19). The zero-order valence-corrected chi connectivity index (χ0v) is 11.2. The average Bonchev–Trinajstić information content (AvgIpc) is 2.39. The van der Waals surface area contributed by atoms with Crippen molar-refractivity contribution in [2.75, 3.05) is 25.4 Å². The lowest BCUT2D eigenvalue weighted by Gasteiger charge is -2.35. The van der Waals surface area contributed by atoms with Gasteiger partial charge in [0.25, 0.3) is 0 Å². The van der Waals surface area contributed by atoms with Crippen LogP contribution in [0.4, 0.5) is 5.69 Å². The Morgan fingerprint density at radius 3 is 2.95 bits per heavy atom. The largest absolute Gasteiger partial charge is 0.398 e. The zero-order chi connectivity index (χ0) is 13.8. The maximum Gasteiger partial charge on any atom is 0.237 e. The molecule has 2 unspecified atom stereocenters. The maximum absolute atomic E-state index is 11.8. The fraction of sp³-hybridized carbons (Fsp3) is 0.500. The molecule has 0 radical (unpaired) electrons. The van der Waals surface area contributed by atoms with Gasteiger partial charge in [0.2, 0.25) is 5.91 Å². The van der Waals surface area contributed by atoms with Crippen molar-refractivity contribution in [3.8, 4) is 0 Å². The molecule has 104 valence electrons. The Kier molecular flexibility index (Phi) is 4.39. The third-order valence-corrected chi connectivity index (χ3v) is 3.59. The molecule has 5 nitrogen and oxygen atoms in total. The lowest BCUT2D eigenvalue weighted by atomic mass is 10.0. The van der Waals surface area contributed by atoms with Crippen molar-refractivity contribution in [1.29, 1.82) is 0 Å². The summed E-state index contributed by atoms with van der Waals surface area (Å²) in [7, 11) is 0. The number of nitrogens with zero attached hydrogens (tertiary/aromatic N) is 1. The van der Waals surface area contributed by atoms with Gasteiger partial charge in [-0.1, -0.05) is 25.1 Å². The molecule has 2 rings (SSSR count). The van der Waals surface area contributed by atoms with Crippen LogP contribution in [-0.2, 0) is 4.79 Å². The minimum Gasteiger partial charge on any atom is -0.398 e. The number of carbonyl (C=O) groups is 1. The molecule has 1 amide bonds. The molecule has 19 heavy (non-hydrogen) atoms. The molecule has 0 saturated carbocycles. The molecule has 1 aromatic rings. The van der Waals surface area contributed by atoms with Crippen molar-refractivity contribution in [2.45, 2.75) is 25.5 Å². The van der Waals surface area contributed by atoms with Crippen LogP contribution < -0.4 is 11.1 Å². The highest BCUT2D eigenvalue weighted by Gasteiger charge is 2.29. The number of para-hydroxylation sites is 1. The number of carbonyl (C=O) groups excluding carboxylic acids is 1. The predicted octanol–water partition coefficient (Wildman–Crippen LogP) is 0.513. The number of rotatable bonds is 4. The highest BCUT2D eigenvalue weighted by atomic mass is 16.3. The number of nitrogen functional groups attached to an aromatic ring is 1. The molecule has 0 spiro atoms. The normalized spacial score (nSPS) is 22.0. The zero-order valence-electron chi connectivity index (χ0n) is 11.2. The molecule has 0 aliphatic carbocycles. The summed E-state index contributed by atoms with van der Waals surface area (Å²) >= 11 is 0. The van der Waals surface area contributed by atoms with Crippen molar-refractivity contribution in [2.24, 2.45) is 0 Å². The molecular weight excluding hydrogens is 242 g/mol. The lowest BCUT2D eigenvalue weighted by Crippen LogP contribution is -2.55. The van der Waals surface area contributed by atoms with Crippen molar-refractivity contribution in [1.82, 2.24) is 10.2 Å². The summed E-state index contributed by atoms with van der Waals surface area (Å²) in [6.07, 6.45) is 0.0733. The van der Waals surface area contributed by atoms with E-state index in [0.29, 0.717) is 18.8 Å². The lowest BCUT2D eigenvalue weighted by molar-refractivity contribution is -0.129. The summed E-state index contributed by atoms with van der Waals surface area (Å²) in [5.74, 6) is 0.0435. The molecule has 1 fully saturated rings. The van der Waals surface area contributed by atoms with Crippen LogP contribution in [0.25, 0.3) is 0 Å². The Morgan fingerprint density at radius 2 is 2.26 bits per heavy atom. The summed E-state index contributed by atoms with van der Waals surface area (Å²) in [5.41, 5.74) is 7.18. The van der Waals surface area contributed by atoms with Crippen molar-refractivity contribution < 1.29 is 9.90 Å². The number of hydrogen-bond donors (Lipinski definition) is 3. The number of piperazine rings is 1. The van der Waals surface area contributed by atoms with Gasteiger partial charge < -0.3 is 16.2 Å². The Labute approximate surface area is 113 Å². The van der Waals surface area contributed by atoms with Gasteiger partial charge in [-0.15, -0.1) is 0 Å². The number of aliphatic hydroxyl groups is 1. The van der Waals surface area contributed by atoms with Crippen molar-refractivity contribution in [3.63, 3.8) is 0 Å². The number of hydrogen-bond acceptors (Lipinski definition) is 4. The van der Waals surface area contributed by atoms with Crippen molar-refractivity contribution in [3.05, 3.63) is 29.8 Å². The van der Waals surface area contributed by atoms with Gasteiger partial charge in [-0.25, -0.2) is 0 Å². The molecule has 0 aromatic heterocycles. The van der Waals surface area contributed by atoms with E-state index in [0.717, 1.165) is 18.5 Å². The Hall–Kier alpha value is -1.59. The van der Waals surface area contributed by atoms with Gasteiger partial charge in [0.05, 0.1) is 12.1 Å². The minimum absolute atomic E-state index is 0.0435. The van der Waals surface area contributed by atoms with Crippen LogP contribution in [0.3, 0.4) is 0 Å². The van der Waals surface area contributed by atoms with E-state index in [1.807, 2.05) is 30.0 Å². The molecule has 1 heterocycles. The first kappa shape index (κ1) is 13.8. The second-order valence-corrected chi connectivity index (χ2v) is 4.85. The van der Waals surface area contributed by atoms with Crippen LogP contribution in [0.15, 0.2) is 24.3 Å². The molecule has 0 bridgehead atoms. The number of amides is 1. The number of nitrogens with one attached hydrogen (secondary N) is 1. The molecule has 2 atom stereocenters. The number of β-amino-alcohol motifs (C(OH)–C–C–N with tert-alkyl or cyclic N) is 1. The van der Waals surface area contributed by atoms with E-state index in [1.165, 1.54) is 0 Å². The number of aliphatic hydroxyl groups excluding tert-OH is 1. The average molecular weight is 263 g/mol. The summed E-state index contributed by atoms with van der Waals surface area (Å²) in [4.78, 5) is 13.8. The van der Waals surface area contributed by atoms with Crippen LogP contribution in [-0.4, -0.2) is 41.6 Å². The summed E-state index contributed by atoms with van der Waals surface area (Å²) in [5, 5.41) is 13.2. The number of benzene rings is 1. The molecule has 1 saturated heterocycles. The third-order valence-electron chi connectivity index (χ3n) is 3.59. The van der Waals surface area contributed by atoms with Gasteiger partial charge in [0.15, 0.2) is 0 Å². The molecule has 1 aliphatic rings. The first-order chi connectivity index (χ1) is 9.13. The van der Waals surface area contributed by atoms with E-state index in [-0.39, 0.29) is 11.9 Å². The molecule has 4 N–H and O–H groups in total. The molecule has 5 heteroatoms. The van der Waals surface area contributed by atoms with Crippen LogP contribution in [0.1, 0.15) is 25.0 Å². The van der Waals surface area contributed by atoms with Crippen LogP contribution in [0.2, 0.25) is 0 Å². The quantitative estimate of drug-likeness (QED) is 0.692. The smallest absolute Gasteiger partial charge is 0.237 e. The highest BCUT2D eigenvalue weighted by molar-refractivity contribution is 5.82. The summed E-state index contributed by atoms with van der Waals surface area (Å²) in [6, 6.07) is 7.14. The maximum atomic E-state index is 11.8. The van der Waals surface area contributed by atoms with Gasteiger partial charge >= 0.3 is 0 Å². The van der Waals surface area contributed by atoms with Gasteiger partial charge in [0, 0.05) is 30.9 Å². The number of nitrogens with two attached hydrogens (primary N) is 1. The van der Waals surface area contributed by atoms with Gasteiger partial charge in [-0.05, 0) is 12.5 Å². The monoisotopic (exact) mass is 263 g/mol. The van der Waals surface area contributed by atoms with Gasteiger partial charge in [-0.3, -0.25) is 9.69 Å². The first-order valence-electron chi connectivity index (χ1n) is 6.67. The Bertz CT molecular complexity index is 450. The first-order valence-corrected chi connectivity index (χ1v) is 6.67. The Balaban J connectivity index is 2.07. The van der Waals surface area contributed by atoms with Gasteiger partial charge in [0.1, 0.15) is 0 Å². The topological polar surface area (TPSA) is 78.6 Å². The fourth-order valence-electron chi connectivity index (χ4n) is 2.56. The van der Waals surface area contributed by atoms with E-state index in [1.54, 1.807) is 6.07 Å². The molecule has 1 aromatic carbocycles. The Morgan fingerprint density at radius 1 is 1.53 bits per heavy atom. The molecule has 1 aliphatic heterocycles. The third kappa shape index (κ3) is 3.05. The SMILES string of the molecule is CCC1C(=O)NCCN1CC(O)c1ccccc1N. The van der Waals surface area contributed by atoms with E-state index in [9.17, 15) is 9.90 Å². The molecular formula is C14H21N3O2. The second-order valence-electron chi connectivity index (χ2n) is 4.85. The van der Waals surface area contributed by atoms with Crippen LogP contribution in [0, 0.1) is 0 Å². The minimum atomic E-state index is -0.666. The fourth-order valence-corrected chi connectivity index (χ4v) is 2.56.